The van der Waals surface area contributed by atoms with Crippen molar-refractivity contribution in [2.24, 2.45) is 11.7 Å². The van der Waals surface area contributed by atoms with Crippen molar-refractivity contribution < 1.29 is 19.8 Å². The zero-order chi connectivity index (χ0) is 32.7. The summed E-state index contributed by atoms with van der Waals surface area (Å²) in [6.45, 7) is 11.0. The second-order valence-corrected chi connectivity index (χ2v) is 12.9. The van der Waals surface area contributed by atoms with Gasteiger partial charge in [-0.05, 0) is 74.8 Å². The van der Waals surface area contributed by atoms with Crippen LogP contribution in [0.3, 0.4) is 0 Å². The maximum atomic E-state index is 11.8. The van der Waals surface area contributed by atoms with Crippen LogP contribution in [-0.2, 0) is 29.0 Å². The minimum Gasteiger partial charge on any atom is -0.392 e. The number of aliphatic hydroxyl groups is 2. The number of aryl methyl sites for hydroxylation is 1. The molecule has 1 aliphatic heterocycles. The van der Waals surface area contributed by atoms with E-state index in [1.165, 1.54) is 11.1 Å². The van der Waals surface area contributed by atoms with E-state index in [9.17, 15) is 19.8 Å². The van der Waals surface area contributed by atoms with Crippen LogP contribution >= 0.6 is 0 Å². The van der Waals surface area contributed by atoms with Crippen LogP contribution in [0.25, 0.3) is 0 Å². The zero-order valence-electron chi connectivity index (χ0n) is 27.0. The number of hydrogen-bond donors (Lipinski definition) is 4. The number of pyridine rings is 1. The van der Waals surface area contributed by atoms with Crippen molar-refractivity contribution >= 4 is 12.3 Å². The molecule has 0 saturated carbocycles. The molecule has 9 nitrogen and oxygen atoms in total. The quantitative estimate of drug-likeness (QED) is 0.256. The maximum absolute atomic E-state index is 11.8. The van der Waals surface area contributed by atoms with Crippen molar-refractivity contribution in [3.05, 3.63) is 101 Å². The van der Waals surface area contributed by atoms with Crippen LogP contribution in [0.1, 0.15) is 62.0 Å². The molecular weight excluding hydrogens is 566 g/mol. The molecule has 9 heteroatoms. The van der Waals surface area contributed by atoms with Gasteiger partial charge in [-0.2, -0.15) is 0 Å². The van der Waals surface area contributed by atoms with Gasteiger partial charge in [0.05, 0.1) is 12.2 Å². The summed E-state index contributed by atoms with van der Waals surface area (Å²) < 4.78 is 0. The lowest BCUT2D eigenvalue weighted by molar-refractivity contribution is -0.123. The fourth-order valence-corrected chi connectivity index (χ4v) is 5.49. The second kappa shape index (κ2) is 18.4. The highest BCUT2D eigenvalue weighted by atomic mass is 16.3. The third-order valence-electron chi connectivity index (χ3n) is 7.94. The summed E-state index contributed by atoms with van der Waals surface area (Å²) in [4.78, 5) is 30.4. The first-order valence-electron chi connectivity index (χ1n) is 15.9. The number of carbonyl (C=O) groups is 2. The SMILES string of the molecule is CC(C)(C)NC=O.NC(=O)[C@H](Cc1ccccc1)C[C@H](O)CN1CCN(Cc2cccnc2)CC1.OC1CCc2ccccc21. The summed E-state index contributed by atoms with van der Waals surface area (Å²) in [5.41, 5.74) is 10.3. The van der Waals surface area contributed by atoms with Crippen molar-refractivity contribution in [1.82, 2.24) is 20.1 Å². The van der Waals surface area contributed by atoms with E-state index >= 15 is 0 Å². The molecule has 1 unspecified atom stereocenters. The number of benzene rings is 2. The Morgan fingerprint density at radius 3 is 2.22 bits per heavy atom. The number of nitrogens with one attached hydrogen (secondary N) is 1. The lowest BCUT2D eigenvalue weighted by Crippen LogP contribution is -2.48. The Morgan fingerprint density at radius 1 is 1.00 bits per heavy atom. The number of primary amides is 1. The van der Waals surface area contributed by atoms with E-state index < -0.39 is 6.10 Å². The Labute approximate surface area is 268 Å². The van der Waals surface area contributed by atoms with E-state index in [-0.39, 0.29) is 23.5 Å². The highest BCUT2D eigenvalue weighted by molar-refractivity contribution is 5.77. The average Bonchev–Trinajstić information content (AvgIpc) is 3.39. The minimum atomic E-state index is -0.550. The van der Waals surface area contributed by atoms with Gasteiger partial charge in [-0.1, -0.05) is 60.7 Å². The summed E-state index contributed by atoms with van der Waals surface area (Å²) in [6.07, 6.45) is 6.58. The van der Waals surface area contributed by atoms with Crippen molar-refractivity contribution in [3.63, 3.8) is 0 Å². The number of amides is 2. The van der Waals surface area contributed by atoms with E-state index in [0.29, 0.717) is 25.8 Å². The summed E-state index contributed by atoms with van der Waals surface area (Å²) in [6, 6.07) is 22.0. The van der Waals surface area contributed by atoms with Crippen LogP contribution in [-0.4, -0.2) is 81.7 Å². The molecule has 1 aliphatic carbocycles. The van der Waals surface area contributed by atoms with Crippen LogP contribution in [0.5, 0.6) is 0 Å². The van der Waals surface area contributed by atoms with Crippen LogP contribution < -0.4 is 11.1 Å². The molecule has 2 amide bonds. The van der Waals surface area contributed by atoms with Gasteiger partial charge in [-0.3, -0.25) is 24.4 Å². The zero-order valence-corrected chi connectivity index (χ0v) is 27.0. The Morgan fingerprint density at radius 2 is 1.64 bits per heavy atom. The molecule has 0 radical (unpaired) electrons. The van der Waals surface area contributed by atoms with Crippen molar-refractivity contribution in [2.75, 3.05) is 32.7 Å². The van der Waals surface area contributed by atoms with Gasteiger partial charge < -0.3 is 21.3 Å². The number of nitrogens with two attached hydrogens (primary N) is 1. The van der Waals surface area contributed by atoms with Crippen LogP contribution in [0.4, 0.5) is 0 Å². The first kappa shape index (κ1) is 35.8. The monoisotopic (exact) mass is 617 g/mol. The number of rotatable bonds is 10. The average molecular weight is 618 g/mol. The van der Waals surface area contributed by atoms with E-state index in [4.69, 9.17) is 5.73 Å². The molecule has 244 valence electrons. The fraction of sp³-hybridized carbons (Fsp3) is 0.472. The number of β-amino-alcohol motifs (C(OH)–C–C–N with tert-alkyl or cyclic N) is 1. The molecule has 1 fully saturated rings. The van der Waals surface area contributed by atoms with Crippen LogP contribution in [0, 0.1) is 5.92 Å². The second-order valence-electron chi connectivity index (χ2n) is 12.9. The third kappa shape index (κ3) is 13.5. The Balaban J connectivity index is 0.000000263. The smallest absolute Gasteiger partial charge is 0.220 e. The fourth-order valence-electron chi connectivity index (χ4n) is 5.49. The Bertz CT molecular complexity index is 1280. The summed E-state index contributed by atoms with van der Waals surface area (Å²) >= 11 is 0. The summed E-state index contributed by atoms with van der Waals surface area (Å²) in [5, 5.41) is 22.5. The number of aliphatic hydroxyl groups excluding tert-OH is 2. The summed E-state index contributed by atoms with van der Waals surface area (Å²) in [5.74, 6) is -0.687. The predicted octanol–water partition coefficient (Wildman–Crippen LogP) is 3.49. The van der Waals surface area contributed by atoms with Crippen LogP contribution in [0.15, 0.2) is 79.1 Å². The third-order valence-corrected chi connectivity index (χ3v) is 7.94. The van der Waals surface area contributed by atoms with E-state index in [0.717, 1.165) is 56.7 Å². The van der Waals surface area contributed by atoms with E-state index in [1.54, 1.807) is 6.20 Å². The molecular formula is C36H51N5O4. The van der Waals surface area contributed by atoms with Gasteiger partial charge in [0.25, 0.3) is 0 Å². The predicted molar refractivity (Wildman–Crippen MR) is 178 cm³/mol. The molecule has 2 heterocycles. The topological polar surface area (TPSA) is 132 Å². The van der Waals surface area contributed by atoms with Crippen LogP contribution in [0.2, 0.25) is 0 Å². The minimum absolute atomic E-state index is 0.0677. The van der Waals surface area contributed by atoms with Gasteiger partial charge in [0.1, 0.15) is 0 Å². The van der Waals surface area contributed by atoms with Gasteiger partial charge in [-0.25, -0.2) is 0 Å². The van der Waals surface area contributed by atoms with Crippen molar-refractivity contribution in [1.29, 1.82) is 0 Å². The Hall–Kier alpha value is -3.63. The highest BCUT2D eigenvalue weighted by Crippen LogP contribution is 2.29. The molecule has 5 N–H and O–H groups in total. The number of piperazine rings is 1. The first-order chi connectivity index (χ1) is 21.5. The molecule has 1 saturated heterocycles. The molecule has 2 aromatic carbocycles. The molecule has 0 bridgehead atoms. The molecule has 2 aliphatic rings. The van der Waals surface area contributed by atoms with E-state index in [1.807, 2.05) is 81.6 Å². The maximum Gasteiger partial charge on any atom is 0.220 e. The number of nitrogens with zero attached hydrogens (tertiary/aromatic N) is 3. The number of aromatic nitrogens is 1. The highest BCUT2D eigenvalue weighted by Gasteiger charge is 2.24. The summed E-state index contributed by atoms with van der Waals surface area (Å²) in [7, 11) is 0. The first-order valence-corrected chi connectivity index (χ1v) is 15.9. The normalized spacial score (nSPS) is 17.8. The molecule has 3 aromatic rings. The molecule has 1 aromatic heterocycles. The lowest BCUT2D eigenvalue weighted by atomic mass is 9.93. The number of fused-ring (bicyclic) bond motifs is 1. The number of hydrogen-bond acceptors (Lipinski definition) is 7. The van der Waals surface area contributed by atoms with E-state index in [2.05, 4.69) is 32.2 Å². The number of carbonyl (C=O) groups excluding carboxylic acids is 2. The molecule has 3 atom stereocenters. The lowest BCUT2D eigenvalue weighted by Gasteiger charge is -2.35. The standard InChI is InChI=1S/C22H30N4O2.C9H10O.C5H11NO/c23-22(28)20(13-18-5-2-1-3-6-18)14-21(27)17-26-11-9-25(10-12-26)16-19-7-4-8-24-15-19;10-9-6-5-7-3-1-2-4-8(7)9;1-5(2,3)6-4-7/h1-8,15,20-21,27H,9-14,16-17H2,(H2,23,28);1-4,9-10H,5-6H2;4H,1-3H3,(H,6,7)/t20-,21+;;/m1../s1. The molecule has 45 heavy (non-hydrogen) atoms. The largest absolute Gasteiger partial charge is 0.392 e. The molecule has 5 rings (SSSR count). The van der Waals surface area contributed by atoms with Gasteiger partial charge in [-0.15, -0.1) is 0 Å². The van der Waals surface area contributed by atoms with Gasteiger partial charge >= 0.3 is 0 Å². The van der Waals surface area contributed by atoms with Crippen molar-refractivity contribution in [2.45, 2.75) is 70.7 Å². The van der Waals surface area contributed by atoms with Gasteiger partial charge in [0.15, 0.2) is 0 Å². The van der Waals surface area contributed by atoms with Gasteiger partial charge in [0.2, 0.25) is 12.3 Å². The van der Waals surface area contributed by atoms with Crippen molar-refractivity contribution in [3.8, 4) is 0 Å². The van der Waals surface area contributed by atoms with Gasteiger partial charge in [0, 0.05) is 63.1 Å². The molecule has 0 spiro atoms. The Kier molecular flexibility index (Phi) is 14.6.